The highest BCUT2D eigenvalue weighted by atomic mass is 16.5. The van der Waals surface area contributed by atoms with Crippen LogP contribution in [0.4, 0.5) is 0 Å². The van der Waals surface area contributed by atoms with Gasteiger partial charge in [-0.05, 0) is 29.0 Å². The van der Waals surface area contributed by atoms with Crippen molar-refractivity contribution >= 4 is 0 Å². The predicted molar refractivity (Wildman–Crippen MR) is 79.5 cm³/mol. The molecule has 1 rings (SSSR count). The molecule has 0 aliphatic carbocycles. The number of aliphatic hydroxyl groups is 1. The molecule has 3 N–H and O–H groups in total. The summed E-state index contributed by atoms with van der Waals surface area (Å²) in [5, 5.41) is 9.39. The van der Waals surface area contributed by atoms with Gasteiger partial charge < -0.3 is 15.6 Å². The van der Waals surface area contributed by atoms with Crippen LogP contribution in [0, 0.1) is 5.92 Å². The van der Waals surface area contributed by atoms with Crippen LogP contribution < -0.4 is 10.5 Å². The van der Waals surface area contributed by atoms with Crippen molar-refractivity contribution in [3.05, 3.63) is 29.8 Å². The van der Waals surface area contributed by atoms with Gasteiger partial charge in [-0.15, -0.1) is 0 Å². The first kappa shape index (κ1) is 16.0. The summed E-state index contributed by atoms with van der Waals surface area (Å²) in [7, 11) is 0. The van der Waals surface area contributed by atoms with E-state index in [1.54, 1.807) is 0 Å². The molecule has 0 aliphatic heterocycles. The van der Waals surface area contributed by atoms with Crippen LogP contribution in [-0.4, -0.2) is 23.9 Å². The average Bonchev–Trinajstić information content (AvgIpc) is 2.34. The molecule has 0 radical (unpaired) electrons. The van der Waals surface area contributed by atoms with Gasteiger partial charge in [-0.2, -0.15) is 0 Å². The zero-order valence-electron chi connectivity index (χ0n) is 12.7. The van der Waals surface area contributed by atoms with Crippen molar-refractivity contribution in [1.29, 1.82) is 0 Å². The van der Waals surface area contributed by atoms with Gasteiger partial charge in [-0.1, -0.05) is 46.8 Å². The maximum absolute atomic E-state index is 9.39. The second kappa shape index (κ2) is 6.40. The minimum Gasteiger partial charge on any atom is -0.486 e. The van der Waals surface area contributed by atoms with Crippen molar-refractivity contribution in [2.24, 2.45) is 11.7 Å². The summed E-state index contributed by atoms with van der Waals surface area (Å²) < 4.78 is 5.78. The fourth-order valence-electron chi connectivity index (χ4n) is 1.88. The van der Waals surface area contributed by atoms with E-state index in [4.69, 9.17) is 10.5 Å². The second-order valence-electron chi connectivity index (χ2n) is 6.43. The molecule has 1 aromatic rings. The SMILES string of the molecule is CC(C)C(N)C(CO)Oc1ccc(C(C)(C)C)cc1. The summed E-state index contributed by atoms with van der Waals surface area (Å²) in [6, 6.07) is 7.83. The van der Waals surface area contributed by atoms with Crippen molar-refractivity contribution < 1.29 is 9.84 Å². The lowest BCUT2D eigenvalue weighted by Crippen LogP contribution is -2.45. The number of benzene rings is 1. The van der Waals surface area contributed by atoms with Crippen molar-refractivity contribution in [2.75, 3.05) is 6.61 Å². The summed E-state index contributed by atoms with van der Waals surface area (Å²) >= 11 is 0. The number of nitrogens with two attached hydrogens (primary N) is 1. The first-order chi connectivity index (χ1) is 8.75. The topological polar surface area (TPSA) is 55.5 Å². The van der Waals surface area contributed by atoms with Crippen LogP contribution in [0.3, 0.4) is 0 Å². The number of hydrogen-bond donors (Lipinski definition) is 2. The van der Waals surface area contributed by atoms with E-state index >= 15 is 0 Å². The van der Waals surface area contributed by atoms with Crippen molar-refractivity contribution in [1.82, 2.24) is 0 Å². The summed E-state index contributed by atoms with van der Waals surface area (Å²) in [4.78, 5) is 0. The maximum Gasteiger partial charge on any atom is 0.137 e. The van der Waals surface area contributed by atoms with Gasteiger partial charge in [-0.25, -0.2) is 0 Å². The number of aliphatic hydroxyl groups excluding tert-OH is 1. The fourth-order valence-corrected chi connectivity index (χ4v) is 1.88. The summed E-state index contributed by atoms with van der Waals surface area (Å²) in [6.07, 6.45) is -0.361. The standard InChI is InChI=1S/C16H27NO2/c1-11(2)15(17)14(10-18)19-13-8-6-12(7-9-13)16(3,4)5/h6-9,11,14-15,18H,10,17H2,1-5H3. The molecule has 0 bridgehead atoms. The Balaban J connectivity index is 2.76. The largest absolute Gasteiger partial charge is 0.486 e. The van der Waals surface area contributed by atoms with Crippen LogP contribution in [0.25, 0.3) is 0 Å². The van der Waals surface area contributed by atoms with Gasteiger partial charge >= 0.3 is 0 Å². The Morgan fingerprint density at radius 2 is 1.68 bits per heavy atom. The van der Waals surface area contributed by atoms with E-state index in [1.165, 1.54) is 5.56 Å². The van der Waals surface area contributed by atoms with Gasteiger partial charge in [0, 0.05) is 6.04 Å². The van der Waals surface area contributed by atoms with E-state index in [0.717, 1.165) is 5.75 Å². The van der Waals surface area contributed by atoms with Crippen molar-refractivity contribution in [3.8, 4) is 5.75 Å². The average molecular weight is 265 g/mol. The molecule has 0 spiro atoms. The van der Waals surface area contributed by atoms with Crippen LogP contribution in [0.2, 0.25) is 0 Å². The molecule has 2 atom stereocenters. The molecular formula is C16H27NO2. The van der Waals surface area contributed by atoms with E-state index < -0.39 is 0 Å². The van der Waals surface area contributed by atoms with Crippen LogP contribution in [0.15, 0.2) is 24.3 Å². The lowest BCUT2D eigenvalue weighted by atomic mass is 9.87. The van der Waals surface area contributed by atoms with Gasteiger partial charge in [0.15, 0.2) is 0 Å². The van der Waals surface area contributed by atoms with E-state index in [-0.39, 0.29) is 30.1 Å². The first-order valence-corrected chi connectivity index (χ1v) is 6.89. The Labute approximate surface area is 116 Å². The second-order valence-corrected chi connectivity index (χ2v) is 6.43. The molecule has 2 unspecified atom stereocenters. The lowest BCUT2D eigenvalue weighted by Gasteiger charge is -2.26. The van der Waals surface area contributed by atoms with Crippen molar-refractivity contribution in [3.63, 3.8) is 0 Å². The number of rotatable bonds is 5. The van der Waals surface area contributed by atoms with E-state index in [0.29, 0.717) is 0 Å². The predicted octanol–water partition coefficient (Wildman–Crippen LogP) is 2.71. The molecule has 1 aromatic carbocycles. The molecule has 0 saturated heterocycles. The van der Waals surface area contributed by atoms with Gasteiger partial charge in [0.1, 0.15) is 11.9 Å². The number of ether oxygens (including phenoxy) is 1. The Morgan fingerprint density at radius 1 is 1.16 bits per heavy atom. The van der Waals surface area contributed by atoms with Crippen LogP contribution in [-0.2, 0) is 5.41 Å². The quantitative estimate of drug-likeness (QED) is 0.860. The lowest BCUT2D eigenvalue weighted by molar-refractivity contribution is 0.0810. The third-order valence-electron chi connectivity index (χ3n) is 3.39. The normalized spacial score (nSPS) is 15.4. The molecule has 0 saturated carbocycles. The molecule has 0 aromatic heterocycles. The third-order valence-corrected chi connectivity index (χ3v) is 3.39. The Kier molecular flexibility index (Phi) is 5.39. The molecule has 0 fully saturated rings. The Bertz CT molecular complexity index is 379. The van der Waals surface area contributed by atoms with Gasteiger partial charge in [0.25, 0.3) is 0 Å². The van der Waals surface area contributed by atoms with Crippen LogP contribution >= 0.6 is 0 Å². The molecular weight excluding hydrogens is 238 g/mol. The van der Waals surface area contributed by atoms with Gasteiger partial charge in [-0.3, -0.25) is 0 Å². The molecule has 0 heterocycles. The van der Waals surface area contributed by atoms with Crippen molar-refractivity contribution in [2.45, 2.75) is 52.2 Å². The summed E-state index contributed by atoms with van der Waals surface area (Å²) in [6.45, 7) is 10.5. The zero-order valence-corrected chi connectivity index (χ0v) is 12.7. The molecule has 108 valence electrons. The molecule has 19 heavy (non-hydrogen) atoms. The Morgan fingerprint density at radius 3 is 2.05 bits per heavy atom. The molecule has 3 heteroatoms. The molecule has 0 amide bonds. The summed E-state index contributed by atoms with van der Waals surface area (Å²) in [5.41, 5.74) is 7.42. The first-order valence-electron chi connectivity index (χ1n) is 6.89. The van der Waals surface area contributed by atoms with Crippen LogP contribution in [0.5, 0.6) is 5.75 Å². The van der Waals surface area contributed by atoms with Crippen LogP contribution in [0.1, 0.15) is 40.2 Å². The fraction of sp³-hybridized carbons (Fsp3) is 0.625. The highest BCUT2D eigenvalue weighted by Crippen LogP contribution is 2.25. The molecule has 3 nitrogen and oxygen atoms in total. The third kappa shape index (κ3) is 4.51. The van der Waals surface area contributed by atoms with Gasteiger partial charge in [0.05, 0.1) is 6.61 Å². The van der Waals surface area contributed by atoms with E-state index in [2.05, 4.69) is 32.9 Å². The Hall–Kier alpha value is -1.06. The minimum atomic E-state index is -0.361. The monoisotopic (exact) mass is 265 g/mol. The molecule has 0 aliphatic rings. The van der Waals surface area contributed by atoms with E-state index in [1.807, 2.05) is 26.0 Å². The maximum atomic E-state index is 9.39. The minimum absolute atomic E-state index is 0.0691. The number of hydrogen-bond acceptors (Lipinski definition) is 3. The summed E-state index contributed by atoms with van der Waals surface area (Å²) in [5.74, 6) is 1.02. The van der Waals surface area contributed by atoms with E-state index in [9.17, 15) is 5.11 Å². The highest BCUT2D eigenvalue weighted by Gasteiger charge is 2.22. The highest BCUT2D eigenvalue weighted by molar-refractivity contribution is 5.31. The smallest absolute Gasteiger partial charge is 0.137 e. The zero-order chi connectivity index (χ0) is 14.6. The van der Waals surface area contributed by atoms with Gasteiger partial charge in [0.2, 0.25) is 0 Å².